The van der Waals surface area contributed by atoms with Crippen LogP contribution in [0.4, 0.5) is 0 Å². The van der Waals surface area contributed by atoms with Crippen LogP contribution in [-0.4, -0.2) is 39.9 Å². The van der Waals surface area contributed by atoms with Gasteiger partial charge in [0, 0.05) is 38.4 Å². The van der Waals surface area contributed by atoms with E-state index in [9.17, 15) is 9.59 Å². The molecule has 0 heterocycles. The largest absolute Gasteiger partial charge is 0.298 e. The Morgan fingerprint density at radius 2 is 1.27 bits per heavy atom. The number of aldehydes is 2. The van der Waals surface area contributed by atoms with Crippen LogP contribution in [0.25, 0.3) is 0 Å². The second-order valence-electron chi connectivity index (χ2n) is 1.86. The average Bonchev–Trinajstić information content (AvgIpc) is 2.04. The van der Waals surface area contributed by atoms with E-state index in [1.807, 2.05) is 0 Å². The molecular weight excluding hydrogens is 335 g/mol. The van der Waals surface area contributed by atoms with E-state index in [0.717, 1.165) is 0 Å². The molecule has 0 bridgehead atoms. The van der Waals surface area contributed by atoms with Crippen molar-refractivity contribution in [3.8, 4) is 0 Å². The first-order chi connectivity index (χ1) is 4.88. The minimum absolute atomic E-state index is 0. The van der Waals surface area contributed by atoms with Crippen molar-refractivity contribution < 1.29 is 9.59 Å². The molecule has 54 valence electrons. The third kappa shape index (κ3) is 2.53. The van der Waals surface area contributed by atoms with Gasteiger partial charge in [-0.05, 0) is 0 Å². The van der Waals surface area contributed by atoms with Crippen molar-refractivity contribution in [2.24, 2.45) is 0 Å². The Morgan fingerprint density at radius 1 is 0.909 bits per heavy atom. The van der Waals surface area contributed by atoms with Gasteiger partial charge in [-0.1, -0.05) is 24.3 Å². The molecule has 0 atom stereocenters. The van der Waals surface area contributed by atoms with Gasteiger partial charge in [-0.15, -0.1) is 0 Å². The van der Waals surface area contributed by atoms with E-state index in [0.29, 0.717) is 23.7 Å². The molecule has 2 nitrogen and oxygen atoms in total. The number of carbonyl (C=O) groups is 2. The SMILES string of the molecule is O=Cc1ccccc1C=O.[Pb]. The monoisotopic (exact) mass is 342 g/mol. The molecule has 0 N–H and O–H groups in total. The predicted octanol–water partition coefficient (Wildman–Crippen LogP) is 0.931. The molecule has 0 saturated carbocycles. The Kier molecular flexibility index (Phi) is 4.93. The quantitative estimate of drug-likeness (QED) is 0.592. The van der Waals surface area contributed by atoms with Gasteiger partial charge in [-0.2, -0.15) is 0 Å². The first kappa shape index (κ1) is 10.5. The molecule has 0 spiro atoms. The minimum Gasteiger partial charge on any atom is -0.298 e. The van der Waals surface area contributed by atoms with Crippen LogP contribution in [0.1, 0.15) is 20.7 Å². The average molecular weight is 341 g/mol. The fourth-order valence-electron chi connectivity index (χ4n) is 0.726. The van der Waals surface area contributed by atoms with Crippen molar-refractivity contribution in [2.45, 2.75) is 0 Å². The van der Waals surface area contributed by atoms with Crippen molar-refractivity contribution in [1.82, 2.24) is 0 Å². The third-order valence-corrected chi connectivity index (χ3v) is 1.25. The van der Waals surface area contributed by atoms with E-state index < -0.39 is 0 Å². The van der Waals surface area contributed by atoms with E-state index in [4.69, 9.17) is 0 Å². The van der Waals surface area contributed by atoms with Gasteiger partial charge < -0.3 is 0 Å². The third-order valence-electron chi connectivity index (χ3n) is 1.25. The van der Waals surface area contributed by atoms with Gasteiger partial charge >= 0.3 is 0 Å². The van der Waals surface area contributed by atoms with Crippen molar-refractivity contribution in [2.75, 3.05) is 0 Å². The molecule has 0 saturated heterocycles. The molecule has 0 unspecified atom stereocenters. The Hall–Kier alpha value is -0.518. The molecule has 4 radical (unpaired) electrons. The van der Waals surface area contributed by atoms with Crippen LogP contribution in [-0.2, 0) is 0 Å². The summed E-state index contributed by atoms with van der Waals surface area (Å²) in [5.74, 6) is 0. The van der Waals surface area contributed by atoms with Crippen LogP contribution >= 0.6 is 0 Å². The number of benzene rings is 1. The summed E-state index contributed by atoms with van der Waals surface area (Å²) < 4.78 is 0. The van der Waals surface area contributed by atoms with E-state index >= 15 is 0 Å². The molecule has 3 heteroatoms. The van der Waals surface area contributed by atoms with Gasteiger partial charge in [0.15, 0.2) is 12.6 Å². The van der Waals surface area contributed by atoms with Crippen molar-refractivity contribution in [3.05, 3.63) is 35.4 Å². The van der Waals surface area contributed by atoms with Gasteiger partial charge in [0.2, 0.25) is 0 Å². The van der Waals surface area contributed by atoms with E-state index in [-0.39, 0.29) is 27.3 Å². The molecule has 1 aromatic rings. The molecule has 1 aromatic carbocycles. The number of hydrogen-bond acceptors (Lipinski definition) is 2. The summed E-state index contributed by atoms with van der Waals surface area (Å²) in [5, 5.41) is 0. The molecule has 0 aliphatic rings. The maximum absolute atomic E-state index is 10.2. The first-order valence-corrected chi connectivity index (χ1v) is 2.88. The van der Waals surface area contributed by atoms with Crippen molar-refractivity contribution in [3.63, 3.8) is 0 Å². The first-order valence-electron chi connectivity index (χ1n) is 2.88. The van der Waals surface area contributed by atoms with Gasteiger partial charge in [0.1, 0.15) is 0 Å². The van der Waals surface area contributed by atoms with Crippen molar-refractivity contribution in [1.29, 1.82) is 0 Å². The number of rotatable bonds is 2. The number of carbonyl (C=O) groups excluding carboxylic acids is 2. The molecule has 1 rings (SSSR count). The van der Waals surface area contributed by atoms with Gasteiger partial charge in [0.25, 0.3) is 0 Å². The topological polar surface area (TPSA) is 34.1 Å². The fraction of sp³-hybridized carbons (Fsp3) is 0. The molecule has 0 aromatic heterocycles. The van der Waals surface area contributed by atoms with Crippen LogP contribution in [0.5, 0.6) is 0 Å². The zero-order valence-electron chi connectivity index (χ0n) is 5.78. The maximum Gasteiger partial charge on any atom is 0.150 e. The van der Waals surface area contributed by atoms with E-state index in [2.05, 4.69) is 0 Å². The summed E-state index contributed by atoms with van der Waals surface area (Å²) in [6.07, 6.45) is 1.34. The Balaban J connectivity index is 0.000001000. The van der Waals surface area contributed by atoms with Crippen LogP contribution < -0.4 is 0 Å². The van der Waals surface area contributed by atoms with Crippen LogP contribution in [0.3, 0.4) is 0 Å². The minimum atomic E-state index is 0. The second-order valence-corrected chi connectivity index (χ2v) is 1.86. The molecule has 0 aliphatic carbocycles. The molecule has 0 aliphatic heterocycles. The summed E-state index contributed by atoms with van der Waals surface area (Å²) >= 11 is 0. The molecule has 11 heavy (non-hydrogen) atoms. The van der Waals surface area contributed by atoms with Crippen LogP contribution in [0, 0.1) is 0 Å². The standard InChI is InChI=1S/C8H6O2.Pb/c9-5-7-3-1-2-4-8(7)6-10;/h1-6H;. The zero-order chi connectivity index (χ0) is 7.40. The number of hydrogen-bond donors (Lipinski definition) is 0. The predicted molar refractivity (Wildman–Crippen MR) is 43.0 cm³/mol. The summed E-state index contributed by atoms with van der Waals surface area (Å²) in [5.41, 5.74) is 0.884. The fourth-order valence-corrected chi connectivity index (χ4v) is 0.726. The van der Waals surface area contributed by atoms with E-state index in [1.54, 1.807) is 24.3 Å². The Labute approximate surface area is 84.8 Å². The summed E-state index contributed by atoms with van der Waals surface area (Å²) in [6.45, 7) is 0. The molecule has 0 fully saturated rings. The van der Waals surface area contributed by atoms with Gasteiger partial charge in [-0.3, -0.25) is 9.59 Å². The summed E-state index contributed by atoms with van der Waals surface area (Å²) in [6, 6.07) is 6.65. The smallest absolute Gasteiger partial charge is 0.150 e. The summed E-state index contributed by atoms with van der Waals surface area (Å²) in [7, 11) is 0. The maximum atomic E-state index is 10.2. The Bertz CT molecular complexity index is 231. The van der Waals surface area contributed by atoms with Crippen molar-refractivity contribution >= 4 is 39.9 Å². The normalized spacial score (nSPS) is 8.00. The summed E-state index contributed by atoms with van der Waals surface area (Å²) in [4.78, 5) is 20.5. The van der Waals surface area contributed by atoms with Gasteiger partial charge in [-0.25, -0.2) is 0 Å². The van der Waals surface area contributed by atoms with Gasteiger partial charge in [0.05, 0.1) is 0 Å². The molecular formula is C8H6O2Pb. The van der Waals surface area contributed by atoms with Crippen LogP contribution in [0.15, 0.2) is 24.3 Å². The Morgan fingerprint density at radius 3 is 1.55 bits per heavy atom. The second kappa shape index (κ2) is 5.17. The molecule has 0 amide bonds. The zero-order valence-corrected chi connectivity index (χ0v) is 9.67. The van der Waals surface area contributed by atoms with Crippen LogP contribution in [0.2, 0.25) is 0 Å². The van der Waals surface area contributed by atoms with E-state index in [1.165, 1.54) is 0 Å².